The maximum absolute atomic E-state index is 10.3. The first-order valence-corrected chi connectivity index (χ1v) is 3.86. The first-order chi connectivity index (χ1) is 4.22. The van der Waals surface area contributed by atoms with Gasteiger partial charge in [0.1, 0.15) is 5.25 Å². The number of carboxylic acid groups (broad SMARTS) is 1. The molecule has 1 aliphatic heterocycles. The van der Waals surface area contributed by atoms with E-state index in [-0.39, 0.29) is 11.3 Å². The van der Waals surface area contributed by atoms with Crippen LogP contribution in [0.3, 0.4) is 0 Å². The summed E-state index contributed by atoms with van der Waals surface area (Å²) in [4.78, 5) is 10.3. The number of hydrogen-bond acceptors (Lipinski definition) is 3. The van der Waals surface area contributed by atoms with Crippen LogP contribution >= 0.6 is 11.8 Å². The van der Waals surface area contributed by atoms with E-state index < -0.39 is 5.97 Å². The molecule has 3 N–H and O–H groups in total. The van der Waals surface area contributed by atoms with E-state index in [0.717, 1.165) is 12.2 Å². The topological polar surface area (TPSA) is 63.3 Å². The molecule has 0 radical (unpaired) electrons. The second kappa shape index (κ2) is 2.58. The normalized spacial score (nSPS) is 34.8. The van der Waals surface area contributed by atoms with Gasteiger partial charge in [0.25, 0.3) is 0 Å². The molecule has 1 rings (SSSR count). The SMILES string of the molecule is N[C@H]1CCS[C@H]1C(=O)O. The van der Waals surface area contributed by atoms with Gasteiger partial charge in [-0.15, -0.1) is 11.8 Å². The summed E-state index contributed by atoms with van der Waals surface area (Å²) in [6, 6.07) is -0.132. The van der Waals surface area contributed by atoms with E-state index in [2.05, 4.69) is 0 Å². The van der Waals surface area contributed by atoms with Gasteiger partial charge in [-0.2, -0.15) is 0 Å². The van der Waals surface area contributed by atoms with Gasteiger partial charge in [0.15, 0.2) is 0 Å². The van der Waals surface area contributed by atoms with Crippen LogP contribution in [0.5, 0.6) is 0 Å². The highest BCUT2D eigenvalue weighted by atomic mass is 32.2. The lowest BCUT2D eigenvalue weighted by atomic mass is 10.2. The molecule has 0 amide bonds. The number of nitrogens with two attached hydrogens (primary N) is 1. The third-order valence-corrected chi connectivity index (χ3v) is 2.76. The second-order valence-corrected chi connectivity index (χ2v) is 3.33. The zero-order valence-electron chi connectivity index (χ0n) is 4.91. The molecule has 0 spiro atoms. The highest BCUT2D eigenvalue weighted by molar-refractivity contribution is 8.00. The van der Waals surface area contributed by atoms with Crippen molar-refractivity contribution in [2.45, 2.75) is 17.7 Å². The van der Waals surface area contributed by atoms with Crippen LogP contribution in [-0.2, 0) is 4.79 Å². The molecular formula is C5H9NO2S. The van der Waals surface area contributed by atoms with Gasteiger partial charge in [-0.1, -0.05) is 0 Å². The van der Waals surface area contributed by atoms with Crippen LogP contribution in [0.4, 0.5) is 0 Å². The van der Waals surface area contributed by atoms with Gasteiger partial charge in [-0.05, 0) is 12.2 Å². The van der Waals surface area contributed by atoms with Crippen LogP contribution in [0.1, 0.15) is 6.42 Å². The van der Waals surface area contributed by atoms with Crippen molar-refractivity contribution in [3.8, 4) is 0 Å². The van der Waals surface area contributed by atoms with Crippen LogP contribution in [0.2, 0.25) is 0 Å². The first-order valence-electron chi connectivity index (χ1n) is 2.82. The first kappa shape index (κ1) is 6.89. The summed E-state index contributed by atoms with van der Waals surface area (Å²) in [6.07, 6.45) is 0.835. The monoisotopic (exact) mass is 147 g/mol. The minimum absolute atomic E-state index is 0.132. The maximum atomic E-state index is 10.3. The fourth-order valence-electron chi connectivity index (χ4n) is 0.860. The van der Waals surface area contributed by atoms with Gasteiger partial charge in [0, 0.05) is 6.04 Å². The molecular weight excluding hydrogens is 138 g/mol. The van der Waals surface area contributed by atoms with E-state index in [1.165, 1.54) is 11.8 Å². The maximum Gasteiger partial charge on any atom is 0.318 e. The Morgan fingerprint density at radius 2 is 2.44 bits per heavy atom. The summed E-state index contributed by atoms with van der Waals surface area (Å²) < 4.78 is 0. The molecule has 0 bridgehead atoms. The number of rotatable bonds is 1. The van der Waals surface area contributed by atoms with Gasteiger partial charge in [-0.25, -0.2) is 0 Å². The van der Waals surface area contributed by atoms with Crippen molar-refractivity contribution in [3.63, 3.8) is 0 Å². The molecule has 1 saturated heterocycles. The molecule has 0 saturated carbocycles. The molecule has 1 fully saturated rings. The summed E-state index contributed by atoms with van der Waals surface area (Å²) in [5.41, 5.74) is 5.48. The van der Waals surface area contributed by atoms with E-state index in [1.54, 1.807) is 0 Å². The third kappa shape index (κ3) is 1.37. The Balaban J connectivity index is 2.49. The molecule has 0 aromatic carbocycles. The van der Waals surface area contributed by atoms with E-state index in [0.29, 0.717) is 0 Å². The molecule has 4 heteroatoms. The summed E-state index contributed by atoms with van der Waals surface area (Å²) in [5, 5.41) is 8.13. The van der Waals surface area contributed by atoms with Crippen molar-refractivity contribution in [1.29, 1.82) is 0 Å². The Kier molecular flexibility index (Phi) is 1.97. The molecule has 1 heterocycles. The summed E-state index contributed by atoms with van der Waals surface area (Å²) in [5.74, 6) is 0.114. The Hall–Kier alpha value is -0.220. The molecule has 3 nitrogen and oxygen atoms in total. The Bertz CT molecular complexity index is 128. The molecule has 0 aromatic rings. The molecule has 0 aliphatic carbocycles. The predicted octanol–water partition coefficient (Wildman–Crippen LogP) is -0.0962. The van der Waals surface area contributed by atoms with E-state index in [4.69, 9.17) is 10.8 Å². The quantitative estimate of drug-likeness (QED) is 0.544. The number of aliphatic carboxylic acids is 1. The fraction of sp³-hybridized carbons (Fsp3) is 0.800. The zero-order valence-corrected chi connectivity index (χ0v) is 5.73. The number of hydrogen-bond donors (Lipinski definition) is 2. The highest BCUT2D eigenvalue weighted by Crippen LogP contribution is 2.25. The summed E-state index contributed by atoms with van der Waals surface area (Å²) in [6.45, 7) is 0. The smallest absolute Gasteiger partial charge is 0.318 e. The molecule has 9 heavy (non-hydrogen) atoms. The van der Waals surface area contributed by atoms with E-state index in [9.17, 15) is 4.79 Å². The van der Waals surface area contributed by atoms with Crippen molar-refractivity contribution in [2.75, 3.05) is 5.75 Å². The van der Waals surface area contributed by atoms with Crippen LogP contribution in [0, 0.1) is 0 Å². The van der Waals surface area contributed by atoms with Crippen molar-refractivity contribution in [1.82, 2.24) is 0 Å². The van der Waals surface area contributed by atoms with Crippen molar-refractivity contribution < 1.29 is 9.90 Å². The fourth-order valence-corrected chi connectivity index (χ4v) is 2.05. The van der Waals surface area contributed by atoms with Crippen LogP contribution < -0.4 is 5.73 Å². The Morgan fingerprint density at radius 3 is 2.67 bits per heavy atom. The average Bonchev–Trinajstić information content (AvgIpc) is 2.13. The minimum atomic E-state index is -0.773. The summed E-state index contributed by atoms with van der Waals surface area (Å²) in [7, 11) is 0. The summed E-state index contributed by atoms with van der Waals surface area (Å²) >= 11 is 1.43. The van der Waals surface area contributed by atoms with Gasteiger partial charge in [-0.3, -0.25) is 4.79 Å². The lowest BCUT2D eigenvalue weighted by Gasteiger charge is -2.06. The number of carbonyl (C=O) groups is 1. The van der Waals surface area contributed by atoms with Crippen molar-refractivity contribution >= 4 is 17.7 Å². The zero-order chi connectivity index (χ0) is 6.85. The number of carboxylic acids is 1. The Morgan fingerprint density at radius 1 is 1.78 bits per heavy atom. The largest absolute Gasteiger partial charge is 0.480 e. The molecule has 2 atom stereocenters. The predicted molar refractivity (Wildman–Crippen MR) is 36.5 cm³/mol. The van der Waals surface area contributed by atoms with Gasteiger partial charge < -0.3 is 10.8 Å². The third-order valence-electron chi connectivity index (χ3n) is 1.38. The Labute approximate surface area is 57.6 Å². The van der Waals surface area contributed by atoms with E-state index in [1.807, 2.05) is 0 Å². The van der Waals surface area contributed by atoms with Crippen LogP contribution in [0.25, 0.3) is 0 Å². The van der Waals surface area contributed by atoms with Crippen LogP contribution in [0.15, 0.2) is 0 Å². The molecule has 52 valence electrons. The van der Waals surface area contributed by atoms with Crippen molar-refractivity contribution in [2.24, 2.45) is 5.73 Å². The lowest BCUT2D eigenvalue weighted by molar-refractivity contribution is -0.136. The lowest BCUT2D eigenvalue weighted by Crippen LogP contribution is -2.33. The standard InChI is InChI=1S/C5H9NO2S/c6-3-1-2-9-4(3)5(7)8/h3-4H,1-2,6H2,(H,7,8)/t3-,4+/m0/s1. The molecule has 0 aromatic heterocycles. The van der Waals surface area contributed by atoms with Crippen LogP contribution in [-0.4, -0.2) is 28.1 Å². The highest BCUT2D eigenvalue weighted by Gasteiger charge is 2.30. The van der Waals surface area contributed by atoms with E-state index >= 15 is 0 Å². The van der Waals surface area contributed by atoms with Gasteiger partial charge in [0.05, 0.1) is 0 Å². The van der Waals surface area contributed by atoms with Gasteiger partial charge in [0.2, 0.25) is 0 Å². The minimum Gasteiger partial charge on any atom is -0.480 e. The molecule has 1 aliphatic rings. The second-order valence-electron chi connectivity index (χ2n) is 2.08. The van der Waals surface area contributed by atoms with Crippen molar-refractivity contribution in [3.05, 3.63) is 0 Å². The van der Waals surface area contributed by atoms with Gasteiger partial charge >= 0.3 is 5.97 Å². The average molecular weight is 147 g/mol. The molecule has 0 unspecified atom stereocenters. The number of thioether (sulfide) groups is 1.